The Morgan fingerprint density at radius 3 is 2.79 bits per heavy atom. The first-order valence-electron chi connectivity index (χ1n) is 15.5. The molecule has 4 aliphatic carbocycles. The van der Waals surface area contributed by atoms with E-state index in [4.69, 9.17) is 9.47 Å². The third-order valence-corrected chi connectivity index (χ3v) is 12.0. The van der Waals surface area contributed by atoms with Crippen LogP contribution in [-0.2, 0) is 9.53 Å². The van der Waals surface area contributed by atoms with Gasteiger partial charge in [0, 0.05) is 43.6 Å². The Hall–Kier alpha value is -1.50. The summed E-state index contributed by atoms with van der Waals surface area (Å²) in [5.74, 6) is 3.91. The van der Waals surface area contributed by atoms with Crippen molar-refractivity contribution in [3.8, 4) is 5.75 Å². The Morgan fingerprint density at radius 1 is 1.13 bits per heavy atom. The number of pyridine rings is 1. The third kappa shape index (κ3) is 4.62. The lowest BCUT2D eigenvalue weighted by Gasteiger charge is -2.60. The maximum Gasteiger partial charge on any atom is 0.137 e. The minimum absolute atomic E-state index is 0.0142. The number of ether oxygens (including phenoxy) is 2. The molecule has 4 saturated carbocycles. The number of carbonyl (C=O) groups excluding carboxylic acids is 1. The zero-order valence-corrected chi connectivity index (χ0v) is 23.6. The molecule has 8 atom stereocenters. The molecule has 6 rings (SSSR count). The summed E-state index contributed by atoms with van der Waals surface area (Å²) in [4.78, 5) is 19.3. The lowest BCUT2D eigenvalue weighted by Crippen LogP contribution is -2.55. The molecule has 1 aromatic heterocycles. The first-order chi connectivity index (χ1) is 18.4. The zero-order chi connectivity index (χ0) is 26.3. The molecule has 5 fully saturated rings. The highest BCUT2D eigenvalue weighted by Crippen LogP contribution is 2.66. The van der Waals surface area contributed by atoms with Crippen molar-refractivity contribution in [1.29, 1.82) is 0 Å². The van der Waals surface area contributed by atoms with Gasteiger partial charge in [-0.3, -0.25) is 14.7 Å². The van der Waals surface area contributed by atoms with E-state index < -0.39 is 0 Å². The Bertz CT molecular complexity index is 995. The minimum atomic E-state index is -0.217. The number of ketones is 1. The van der Waals surface area contributed by atoms with Crippen LogP contribution in [0.4, 0.5) is 0 Å². The van der Waals surface area contributed by atoms with Gasteiger partial charge >= 0.3 is 0 Å². The van der Waals surface area contributed by atoms with Crippen LogP contribution in [0, 0.1) is 34.5 Å². The first-order valence-corrected chi connectivity index (χ1v) is 15.5. The molecule has 6 unspecified atom stereocenters. The van der Waals surface area contributed by atoms with E-state index in [1.165, 1.54) is 24.8 Å². The molecule has 6 heteroatoms. The van der Waals surface area contributed by atoms with Crippen LogP contribution in [0.3, 0.4) is 0 Å². The number of hydrogen-bond acceptors (Lipinski definition) is 6. The van der Waals surface area contributed by atoms with Crippen molar-refractivity contribution in [3.05, 3.63) is 24.0 Å². The molecule has 1 aliphatic heterocycles. The number of rotatable bonds is 7. The number of aliphatic hydroxyl groups excluding tert-OH is 1. The van der Waals surface area contributed by atoms with Crippen molar-refractivity contribution in [2.75, 3.05) is 32.9 Å². The summed E-state index contributed by atoms with van der Waals surface area (Å²) in [6.07, 6.45) is 15.1. The molecule has 38 heavy (non-hydrogen) atoms. The van der Waals surface area contributed by atoms with Gasteiger partial charge in [0.25, 0.3) is 0 Å². The van der Waals surface area contributed by atoms with Crippen LogP contribution < -0.4 is 4.74 Å². The highest BCUT2D eigenvalue weighted by atomic mass is 16.5. The van der Waals surface area contributed by atoms with Crippen molar-refractivity contribution < 1.29 is 19.4 Å². The standard InChI is InChI=1S/C32H48N2O4/c1-3-29(34-13-16-37-17-14-34)22-18-25(21-33-20-22)38-15-12-32-11-9-27-26(28(32)6-7-30(32)36)5-4-23-19-24(35)8-10-31(23,27)2/h18,20-21,23,26-30,36H,3-17,19H2,1-2H3/t23?,26?,27?,28?,29?,30?,31-,32+/m0/s1. The van der Waals surface area contributed by atoms with Gasteiger partial charge in [-0.2, -0.15) is 0 Å². The molecule has 0 spiro atoms. The van der Waals surface area contributed by atoms with E-state index >= 15 is 0 Å². The van der Waals surface area contributed by atoms with Gasteiger partial charge < -0.3 is 14.6 Å². The Balaban J connectivity index is 1.13. The van der Waals surface area contributed by atoms with E-state index in [0.717, 1.165) is 83.4 Å². The Morgan fingerprint density at radius 2 is 1.97 bits per heavy atom. The van der Waals surface area contributed by atoms with Gasteiger partial charge in [0.15, 0.2) is 0 Å². The van der Waals surface area contributed by atoms with Gasteiger partial charge in [-0.05, 0) is 98.5 Å². The average Bonchev–Trinajstić information content (AvgIpc) is 3.27. The molecule has 6 nitrogen and oxygen atoms in total. The van der Waals surface area contributed by atoms with Crippen LogP contribution in [0.15, 0.2) is 18.5 Å². The summed E-state index contributed by atoms with van der Waals surface area (Å²) in [5, 5.41) is 11.4. The summed E-state index contributed by atoms with van der Waals surface area (Å²) >= 11 is 0. The summed E-state index contributed by atoms with van der Waals surface area (Å²) in [7, 11) is 0. The Kier molecular flexibility index (Phi) is 7.60. The molecular weight excluding hydrogens is 476 g/mol. The van der Waals surface area contributed by atoms with Crippen LogP contribution in [0.2, 0.25) is 0 Å². The number of hydrogen-bond donors (Lipinski definition) is 1. The Labute approximate surface area is 228 Å². The molecule has 0 radical (unpaired) electrons. The van der Waals surface area contributed by atoms with Crippen LogP contribution in [0.25, 0.3) is 0 Å². The van der Waals surface area contributed by atoms with E-state index in [1.807, 2.05) is 12.4 Å². The second-order valence-corrected chi connectivity index (χ2v) is 13.4. The average molecular weight is 525 g/mol. The third-order valence-electron chi connectivity index (χ3n) is 12.0. The molecule has 210 valence electrons. The fraction of sp³-hybridized carbons (Fsp3) is 0.812. The van der Waals surface area contributed by atoms with Gasteiger partial charge in [-0.25, -0.2) is 0 Å². The number of fused-ring (bicyclic) bond motifs is 5. The summed E-state index contributed by atoms with van der Waals surface area (Å²) in [6.45, 7) is 8.90. The van der Waals surface area contributed by atoms with Gasteiger partial charge in [-0.1, -0.05) is 13.8 Å². The number of morpholine rings is 1. The number of carbonyl (C=O) groups is 1. The monoisotopic (exact) mass is 524 g/mol. The number of Topliss-reactive ketones (excluding diaryl/α,β-unsaturated/α-hetero) is 1. The SMILES string of the molecule is CCC(c1cncc(OCC[C@]23CCC4C(CCC5CC(=O)CC[C@@]54C)C2CCC3O)c1)N1CCOCC1. The van der Waals surface area contributed by atoms with Crippen molar-refractivity contribution in [3.63, 3.8) is 0 Å². The normalized spacial score (nSPS) is 40.2. The summed E-state index contributed by atoms with van der Waals surface area (Å²) < 4.78 is 11.9. The molecule has 0 amide bonds. The number of aliphatic hydroxyl groups is 1. The predicted octanol–water partition coefficient (Wildman–Crippen LogP) is 5.59. The molecule has 0 aromatic carbocycles. The molecule has 1 saturated heterocycles. The van der Waals surface area contributed by atoms with E-state index in [-0.39, 0.29) is 11.5 Å². The predicted molar refractivity (Wildman–Crippen MR) is 147 cm³/mol. The summed E-state index contributed by atoms with van der Waals surface area (Å²) in [5.41, 5.74) is 1.52. The van der Waals surface area contributed by atoms with Crippen LogP contribution in [-0.4, -0.2) is 59.8 Å². The molecule has 1 N–H and O–H groups in total. The van der Waals surface area contributed by atoms with E-state index in [9.17, 15) is 9.90 Å². The molecule has 1 aromatic rings. The second kappa shape index (κ2) is 10.8. The highest BCUT2D eigenvalue weighted by Gasteiger charge is 2.61. The first kappa shape index (κ1) is 26.7. The second-order valence-electron chi connectivity index (χ2n) is 13.4. The van der Waals surface area contributed by atoms with E-state index in [0.29, 0.717) is 47.5 Å². The summed E-state index contributed by atoms with van der Waals surface area (Å²) in [6, 6.07) is 2.52. The van der Waals surface area contributed by atoms with Gasteiger partial charge in [0.1, 0.15) is 11.5 Å². The van der Waals surface area contributed by atoms with Crippen LogP contribution in [0.5, 0.6) is 5.75 Å². The topological polar surface area (TPSA) is 71.9 Å². The van der Waals surface area contributed by atoms with E-state index in [1.54, 1.807) is 0 Å². The lowest BCUT2D eigenvalue weighted by molar-refractivity contribution is -0.145. The van der Waals surface area contributed by atoms with Gasteiger partial charge in [0.2, 0.25) is 0 Å². The van der Waals surface area contributed by atoms with Gasteiger partial charge in [-0.15, -0.1) is 0 Å². The molecule has 0 bridgehead atoms. The largest absolute Gasteiger partial charge is 0.492 e. The van der Waals surface area contributed by atoms with Gasteiger partial charge in [0.05, 0.1) is 32.1 Å². The maximum atomic E-state index is 12.2. The van der Waals surface area contributed by atoms with Crippen LogP contribution in [0.1, 0.15) is 96.1 Å². The zero-order valence-electron chi connectivity index (χ0n) is 23.6. The smallest absolute Gasteiger partial charge is 0.137 e. The maximum absolute atomic E-state index is 12.2. The van der Waals surface area contributed by atoms with Crippen molar-refractivity contribution >= 4 is 5.78 Å². The fourth-order valence-corrected chi connectivity index (χ4v) is 9.95. The molecule has 5 aliphatic rings. The number of nitrogens with zero attached hydrogens (tertiary/aromatic N) is 2. The molecule has 2 heterocycles. The minimum Gasteiger partial charge on any atom is -0.492 e. The fourth-order valence-electron chi connectivity index (χ4n) is 9.95. The van der Waals surface area contributed by atoms with E-state index in [2.05, 4.69) is 29.8 Å². The number of aromatic nitrogens is 1. The molecular formula is C32H48N2O4. The van der Waals surface area contributed by atoms with Crippen molar-refractivity contribution in [2.45, 2.75) is 96.6 Å². The lowest BCUT2D eigenvalue weighted by atomic mass is 9.44. The van der Waals surface area contributed by atoms with Crippen LogP contribution >= 0.6 is 0 Å². The van der Waals surface area contributed by atoms with Crippen molar-refractivity contribution in [1.82, 2.24) is 9.88 Å². The van der Waals surface area contributed by atoms with Crippen molar-refractivity contribution in [2.24, 2.45) is 34.5 Å². The quantitative estimate of drug-likeness (QED) is 0.502. The highest BCUT2D eigenvalue weighted by molar-refractivity contribution is 5.79.